The summed E-state index contributed by atoms with van der Waals surface area (Å²) < 4.78 is 5.56. The van der Waals surface area contributed by atoms with Crippen LogP contribution in [0.5, 0.6) is 0 Å². The molecule has 0 aliphatic carbocycles. The zero-order chi connectivity index (χ0) is 12.3. The van der Waals surface area contributed by atoms with Gasteiger partial charge in [-0.1, -0.05) is 12.2 Å². The Kier molecular flexibility index (Phi) is 3.97. The smallest absolute Gasteiger partial charge is 0.104 e. The minimum atomic E-state index is 0.352. The molecule has 17 heavy (non-hydrogen) atoms. The maximum Gasteiger partial charge on any atom is 0.104 e. The molecular formula is C13H18N2OS. The van der Waals surface area contributed by atoms with Crippen LogP contribution in [-0.2, 0) is 4.74 Å². The molecule has 1 aromatic rings. The summed E-state index contributed by atoms with van der Waals surface area (Å²) in [7, 11) is 0. The van der Waals surface area contributed by atoms with Gasteiger partial charge in [-0.3, -0.25) is 0 Å². The third kappa shape index (κ3) is 3.17. The van der Waals surface area contributed by atoms with E-state index in [1.165, 1.54) is 6.42 Å². The van der Waals surface area contributed by atoms with Crippen LogP contribution in [0.25, 0.3) is 0 Å². The standard InChI is InChI=1S/C13H18N2OS/c1-9-7-10(4-5-12(9)13(14)17)15-8-11-3-2-6-16-11/h4-5,7,11,15H,2-3,6,8H2,1H3,(H2,14,17). The van der Waals surface area contributed by atoms with E-state index in [9.17, 15) is 0 Å². The largest absolute Gasteiger partial charge is 0.389 e. The molecule has 1 unspecified atom stereocenters. The number of nitrogens with two attached hydrogens (primary N) is 1. The van der Waals surface area contributed by atoms with Gasteiger partial charge in [-0.15, -0.1) is 0 Å². The molecular weight excluding hydrogens is 232 g/mol. The van der Waals surface area contributed by atoms with Gasteiger partial charge in [-0.25, -0.2) is 0 Å². The lowest BCUT2D eigenvalue weighted by molar-refractivity contribution is 0.120. The van der Waals surface area contributed by atoms with Crippen LogP contribution in [0.1, 0.15) is 24.0 Å². The number of rotatable bonds is 4. The molecule has 3 N–H and O–H groups in total. The van der Waals surface area contributed by atoms with Gasteiger partial charge in [0.25, 0.3) is 0 Å². The first-order chi connectivity index (χ1) is 8.16. The van der Waals surface area contributed by atoms with Gasteiger partial charge in [0, 0.05) is 24.4 Å². The van der Waals surface area contributed by atoms with Crippen molar-refractivity contribution in [3.05, 3.63) is 29.3 Å². The van der Waals surface area contributed by atoms with Gasteiger partial charge in [0.05, 0.1) is 6.10 Å². The number of benzene rings is 1. The Morgan fingerprint density at radius 1 is 1.59 bits per heavy atom. The van der Waals surface area contributed by atoms with Gasteiger partial charge >= 0.3 is 0 Å². The molecule has 0 radical (unpaired) electrons. The number of thiocarbonyl (C=S) groups is 1. The van der Waals surface area contributed by atoms with Gasteiger partial charge < -0.3 is 15.8 Å². The Hall–Kier alpha value is -1.13. The number of anilines is 1. The van der Waals surface area contributed by atoms with E-state index in [0.29, 0.717) is 11.1 Å². The lowest BCUT2D eigenvalue weighted by Crippen LogP contribution is -2.18. The number of nitrogens with one attached hydrogen (secondary N) is 1. The summed E-state index contributed by atoms with van der Waals surface area (Å²) in [5.74, 6) is 0. The monoisotopic (exact) mass is 250 g/mol. The molecule has 0 amide bonds. The Bertz CT molecular complexity index is 414. The van der Waals surface area contributed by atoms with Crippen molar-refractivity contribution in [2.45, 2.75) is 25.9 Å². The first-order valence-electron chi connectivity index (χ1n) is 5.93. The second-order valence-electron chi connectivity index (χ2n) is 4.41. The van der Waals surface area contributed by atoms with E-state index in [0.717, 1.165) is 36.4 Å². The molecule has 0 aromatic heterocycles. The highest BCUT2D eigenvalue weighted by Crippen LogP contribution is 2.17. The summed E-state index contributed by atoms with van der Waals surface area (Å²) in [6.07, 6.45) is 2.67. The van der Waals surface area contributed by atoms with Crippen molar-refractivity contribution in [3.8, 4) is 0 Å². The maximum atomic E-state index is 5.63. The highest BCUT2D eigenvalue weighted by atomic mass is 32.1. The second-order valence-corrected chi connectivity index (χ2v) is 4.85. The van der Waals surface area contributed by atoms with Crippen molar-refractivity contribution in [1.82, 2.24) is 0 Å². The van der Waals surface area contributed by atoms with Gasteiger partial charge in [-0.2, -0.15) is 0 Å². The molecule has 0 saturated carbocycles. The molecule has 2 rings (SSSR count). The molecule has 1 aliphatic heterocycles. The van der Waals surface area contributed by atoms with Crippen LogP contribution in [0.2, 0.25) is 0 Å². The molecule has 1 atom stereocenters. The molecule has 3 nitrogen and oxygen atoms in total. The summed E-state index contributed by atoms with van der Waals surface area (Å²) in [4.78, 5) is 0.452. The third-order valence-corrected chi connectivity index (χ3v) is 3.27. The molecule has 0 spiro atoms. The molecule has 4 heteroatoms. The van der Waals surface area contributed by atoms with E-state index < -0.39 is 0 Å². The van der Waals surface area contributed by atoms with Gasteiger partial charge in [0.15, 0.2) is 0 Å². The topological polar surface area (TPSA) is 47.3 Å². The van der Waals surface area contributed by atoms with E-state index in [1.807, 2.05) is 19.1 Å². The van der Waals surface area contributed by atoms with E-state index in [1.54, 1.807) is 0 Å². The zero-order valence-electron chi connectivity index (χ0n) is 10.0. The van der Waals surface area contributed by atoms with Crippen molar-refractivity contribution in [3.63, 3.8) is 0 Å². The van der Waals surface area contributed by atoms with Crippen molar-refractivity contribution >= 4 is 22.9 Å². The summed E-state index contributed by atoms with van der Waals surface area (Å²) in [5.41, 5.74) is 8.78. The molecule has 0 bridgehead atoms. The first kappa shape index (κ1) is 12.3. The quantitative estimate of drug-likeness (QED) is 0.804. The fourth-order valence-electron chi connectivity index (χ4n) is 2.09. The van der Waals surface area contributed by atoms with Gasteiger partial charge in [0.2, 0.25) is 0 Å². The number of ether oxygens (including phenoxy) is 1. The SMILES string of the molecule is Cc1cc(NCC2CCCO2)ccc1C(N)=S. The molecule has 92 valence electrons. The maximum absolute atomic E-state index is 5.63. The Labute approximate surface area is 107 Å². The number of hydrogen-bond donors (Lipinski definition) is 2. The minimum Gasteiger partial charge on any atom is -0.389 e. The van der Waals surface area contributed by atoms with Crippen LogP contribution in [0, 0.1) is 6.92 Å². The van der Waals surface area contributed by atoms with E-state index in [-0.39, 0.29) is 0 Å². The molecule has 1 saturated heterocycles. The average molecular weight is 250 g/mol. The average Bonchev–Trinajstić information content (AvgIpc) is 2.78. The molecule has 1 fully saturated rings. The van der Waals surface area contributed by atoms with Crippen LogP contribution < -0.4 is 11.1 Å². The van der Waals surface area contributed by atoms with Crippen LogP contribution >= 0.6 is 12.2 Å². The van der Waals surface area contributed by atoms with E-state index in [4.69, 9.17) is 22.7 Å². The van der Waals surface area contributed by atoms with Crippen LogP contribution in [0.15, 0.2) is 18.2 Å². The third-order valence-electron chi connectivity index (χ3n) is 3.05. The Balaban J connectivity index is 1.97. The summed E-state index contributed by atoms with van der Waals surface area (Å²) in [6.45, 7) is 3.78. The van der Waals surface area contributed by atoms with E-state index in [2.05, 4.69) is 11.4 Å². The summed E-state index contributed by atoms with van der Waals surface area (Å²) >= 11 is 4.98. The van der Waals surface area contributed by atoms with Crippen molar-refractivity contribution in [1.29, 1.82) is 0 Å². The van der Waals surface area contributed by atoms with Crippen LogP contribution in [0.3, 0.4) is 0 Å². The van der Waals surface area contributed by atoms with Crippen molar-refractivity contribution in [2.24, 2.45) is 5.73 Å². The second kappa shape index (κ2) is 5.47. The van der Waals surface area contributed by atoms with E-state index >= 15 is 0 Å². The Morgan fingerprint density at radius 3 is 3.00 bits per heavy atom. The zero-order valence-corrected chi connectivity index (χ0v) is 10.8. The molecule has 1 aromatic carbocycles. The number of aryl methyl sites for hydroxylation is 1. The predicted octanol–water partition coefficient (Wildman–Crippen LogP) is 2.22. The summed E-state index contributed by atoms with van der Waals surface area (Å²) in [5, 5.41) is 3.38. The van der Waals surface area contributed by atoms with Crippen molar-refractivity contribution < 1.29 is 4.74 Å². The van der Waals surface area contributed by atoms with Crippen molar-refractivity contribution in [2.75, 3.05) is 18.5 Å². The van der Waals surface area contributed by atoms with Crippen LogP contribution in [0.4, 0.5) is 5.69 Å². The van der Waals surface area contributed by atoms with Gasteiger partial charge in [-0.05, 0) is 43.5 Å². The highest BCUT2D eigenvalue weighted by molar-refractivity contribution is 7.80. The fourth-order valence-corrected chi connectivity index (χ4v) is 2.32. The normalized spacial score (nSPS) is 19.2. The lowest BCUT2D eigenvalue weighted by atomic mass is 10.1. The Morgan fingerprint density at radius 2 is 2.41 bits per heavy atom. The molecule has 1 heterocycles. The van der Waals surface area contributed by atoms with Crippen LogP contribution in [-0.4, -0.2) is 24.2 Å². The van der Waals surface area contributed by atoms with Gasteiger partial charge in [0.1, 0.15) is 4.99 Å². The highest BCUT2D eigenvalue weighted by Gasteiger charge is 2.14. The first-order valence-corrected chi connectivity index (χ1v) is 6.33. The molecule has 1 aliphatic rings. The summed E-state index contributed by atoms with van der Waals surface area (Å²) in [6, 6.07) is 6.05. The predicted molar refractivity (Wildman–Crippen MR) is 74.5 cm³/mol. The fraction of sp³-hybridized carbons (Fsp3) is 0.462. The lowest BCUT2D eigenvalue weighted by Gasteiger charge is -2.13. The number of hydrogen-bond acceptors (Lipinski definition) is 3. The minimum absolute atomic E-state index is 0.352.